The van der Waals surface area contributed by atoms with Crippen molar-refractivity contribution in [2.75, 3.05) is 38.2 Å². The highest BCUT2D eigenvalue weighted by atomic mass is 16.5. The van der Waals surface area contributed by atoms with Gasteiger partial charge in [-0.3, -0.25) is 4.79 Å². The minimum Gasteiger partial charge on any atom is -0.497 e. The first-order valence-electron chi connectivity index (χ1n) is 9.16. The molecule has 6 nitrogen and oxygen atoms in total. The van der Waals surface area contributed by atoms with Crippen LogP contribution in [-0.4, -0.2) is 49.3 Å². The van der Waals surface area contributed by atoms with Gasteiger partial charge in [-0.2, -0.15) is 0 Å². The lowest BCUT2D eigenvalue weighted by atomic mass is 10.1. The lowest BCUT2D eigenvalue weighted by molar-refractivity contribution is -0.130. The smallest absolute Gasteiger partial charge is 0.228 e. The molecular formula is C21H23N3O3. The maximum atomic E-state index is 12.7. The van der Waals surface area contributed by atoms with E-state index in [1.54, 1.807) is 7.11 Å². The van der Waals surface area contributed by atoms with E-state index in [-0.39, 0.29) is 12.3 Å². The Hall–Kier alpha value is -3.02. The Bertz CT molecular complexity index is 958. The number of carbonyl (C=O) groups is 1. The number of hydrogen-bond acceptors (Lipinski definition) is 5. The molecule has 2 heterocycles. The van der Waals surface area contributed by atoms with E-state index in [1.807, 2.05) is 48.2 Å². The van der Waals surface area contributed by atoms with Crippen LogP contribution >= 0.6 is 0 Å². The number of anilines is 1. The molecule has 1 fully saturated rings. The topological polar surface area (TPSA) is 58.8 Å². The predicted molar refractivity (Wildman–Crippen MR) is 104 cm³/mol. The van der Waals surface area contributed by atoms with E-state index in [0.29, 0.717) is 18.8 Å². The molecule has 4 rings (SSSR count). The molecule has 1 aromatic heterocycles. The second kappa shape index (κ2) is 7.31. The number of rotatable bonds is 4. The zero-order chi connectivity index (χ0) is 18.8. The van der Waals surface area contributed by atoms with Crippen molar-refractivity contribution in [2.24, 2.45) is 0 Å². The summed E-state index contributed by atoms with van der Waals surface area (Å²) in [4.78, 5) is 16.9. The van der Waals surface area contributed by atoms with Crippen molar-refractivity contribution < 1.29 is 14.1 Å². The van der Waals surface area contributed by atoms with Gasteiger partial charge >= 0.3 is 0 Å². The fourth-order valence-electron chi connectivity index (χ4n) is 3.51. The van der Waals surface area contributed by atoms with Crippen molar-refractivity contribution in [1.82, 2.24) is 10.1 Å². The van der Waals surface area contributed by atoms with Gasteiger partial charge in [-0.1, -0.05) is 22.9 Å². The highest BCUT2D eigenvalue weighted by Crippen LogP contribution is 2.23. The molecule has 0 atom stereocenters. The maximum Gasteiger partial charge on any atom is 0.228 e. The molecule has 0 unspecified atom stereocenters. The second-order valence-electron chi connectivity index (χ2n) is 6.87. The van der Waals surface area contributed by atoms with Crippen LogP contribution in [0.4, 0.5) is 5.69 Å². The SMILES string of the molecule is COc1cccc(N2CCN(C(=O)Cc3noc4ccc(C)cc34)CC2)c1. The first-order valence-corrected chi connectivity index (χ1v) is 9.16. The molecule has 1 aliphatic heterocycles. The monoisotopic (exact) mass is 365 g/mol. The molecule has 3 aromatic rings. The molecule has 140 valence electrons. The summed E-state index contributed by atoms with van der Waals surface area (Å²) in [6.45, 7) is 5.03. The Morgan fingerprint density at radius 3 is 2.74 bits per heavy atom. The van der Waals surface area contributed by atoms with Crippen LogP contribution in [-0.2, 0) is 11.2 Å². The summed E-state index contributed by atoms with van der Waals surface area (Å²) in [5.41, 5.74) is 3.70. The normalized spacial score (nSPS) is 14.6. The van der Waals surface area contributed by atoms with Gasteiger partial charge in [0.25, 0.3) is 0 Å². The van der Waals surface area contributed by atoms with E-state index in [2.05, 4.69) is 16.1 Å². The molecule has 0 bridgehead atoms. The van der Waals surface area contributed by atoms with E-state index >= 15 is 0 Å². The number of benzene rings is 2. The highest BCUT2D eigenvalue weighted by Gasteiger charge is 2.23. The lowest BCUT2D eigenvalue weighted by Gasteiger charge is -2.36. The quantitative estimate of drug-likeness (QED) is 0.711. The molecule has 0 N–H and O–H groups in total. The van der Waals surface area contributed by atoms with Crippen LogP contribution in [0.15, 0.2) is 47.0 Å². The van der Waals surface area contributed by atoms with Crippen LogP contribution in [0.25, 0.3) is 11.0 Å². The summed E-state index contributed by atoms with van der Waals surface area (Å²) in [6.07, 6.45) is 0.273. The van der Waals surface area contributed by atoms with Gasteiger partial charge < -0.3 is 19.1 Å². The molecule has 1 aliphatic rings. The van der Waals surface area contributed by atoms with Gasteiger partial charge in [0, 0.05) is 43.3 Å². The summed E-state index contributed by atoms with van der Waals surface area (Å²) < 4.78 is 10.6. The van der Waals surface area contributed by atoms with Crippen molar-refractivity contribution in [3.05, 3.63) is 53.7 Å². The maximum absolute atomic E-state index is 12.7. The molecule has 0 radical (unpaired) electrons. The van der Waals surface area contributed by atoms with E-state index in [0.717, 1.165) is 41.1 Å². The third kappa shape index (κ3) is 3.60. The second-order valence-corrected chi connectivity index (χ2v) is 6.87. The zero-order valence-corrected chi connectivity index (χ0v) is 15.6. The number of carbonyl (C=O) groups excluding carboxylic acids is 1. The average Bonchev–Trinajstić information content (AvgIpc) is 3.10. The largest absolute Gasteiger partial charge is 0.497 e. The third-order valence-corrected chi connectivity index (χ3v) is 5.07. The van der Waals surface area contributed by atoms with Crippen LogP contribution in [0.5, 0.6) is 5.75 Å². The van der Waals surface area contributed by atoms with E-state index in [9.17, 15) is 4.79 Å². The van der Waals surface area contributed by atoms with Crippen LogP contribution in [0.1, 0.15) is 11.3 Å². The summed E-state index contributed by atoms with van der Waals surface area (Å²) >= 11 is 0. The number of amides is 1. The summed E-state index contributed by atoms with van der Waals surface area (Å²) in [7, 11) is 1.67. The molecule has 27 heavy (non-hydrogen) atoms. The number of nitrogens with zero attached hydrogens (tertiary/aromatic N) is 3. The number of ether oxygens (including phenoxy) is 1. The molecule has 0 saturated carbocycles. The van der Waals surface area contributed by atoms with E-state index in [4.69, 9.17) is 9.26 Å². The standard InChI is InChI=1S/C21H23N3O3/c1-15-6-7-20-18(12-15)19(22-27-20)14-21(25)24-10-8-23(9-11-24)16-4-3-5-17(13-16)26-2/h3-7,12-13H,8-11,14H2,1-2H3. The first-order chi connectivity index (χ1) is 13.1. The number of piperazine rings is 1. The number of methoxy groups -OCH3 is 1. The van der Waals surface area contributed by atoms with Crippen molar-refractivity contribution in [3.63, 3.8) is 0 Å². The van der Waals surface area contributed by atoms with Gasteiger partial charge in [0.2, 0.25) is 5.91 Å². The molecule has 6 heteroatoms. The molecule has 1 saturated heterocycles. The van der Waals surface area contributed by atoms with Gasteiger partial charge in [0.15, 0.2) is 5.58 Å². The Morgan fingerprint density at radius 2 is 1.96 bits per heavy atom. The molecule has 0 spiro atoms. The lowest BCUT2D eigenvalue weighted by Crippen LogP contribution is -2.49. The zero-order valence-electron chi connectivity index (χ0n) is 15.6. The summed E-state index contributed by atoms with van der Waals surface area (Å²) in [5, 5.41) is 5.04. The first kappa shape index (κ1) is 17.4. The Labute approximate surface area is 158 Å². The fourth-order valence-corrected chi connectivity index (χ4v) is 3.51. The van der Waals surface area contributed by atoms with Crippen molar-refractivity contribution in [1.29, 1.82) is 0 Å². The van der Waals surface area contributed by atoms with Crippen LogP contribution < -0.4 is 9.64 Å². The van der Waals surface area contributed by atoms with Crippen LogP contribution in [0, 0.1) is 6.92 Å². The molecule has 1 amide bonds. The van der Waals surface area contributed by atoms with Gasteiger partial charge in [0.1, 0.15) is 11.4 Å². The predicted octanol–water partition coefficient (Wildman–Crippen LogP) is 3.04. The Balaban J connectivity index is 1.40. The number of aromatic nitrogens is 1. The molecule has 2 aromatic carbocycles. The third-order valence-electron chi connectivity index (χ3n) is 5.07. The number of hydrogen-bond donors (Lipinski definition) is 0. The van der Waals surface area contributed by atoms with Gasteiger partial charge in [-0.15, -0.1) is 0 Å². The van der Waals surface area contributed by atoms with Crippen LogP contribution in [0.3, 0.4) is 0 Å². The van der Waals surface area contributed by atoms with E-state index in [1.165, 1.54) is 0 Å². The van der Waals surface area contributed by atoms with Crippen molar-refractivity contribution in [3.8, 4) is 5.75 Å². The minimum absolute atomic E-state index is 0.0944. The average molecular weight is 365 g/mol. The Morgan fingerprint density at radius 1 is 1.15 bits per heavy atom. The van der Waals surface area contributed by atoms with E-state index < -0.39 is 0 Å². The van der Waals surface area contributed by atoms with Crippen molar-refractivity contribution in [2.45, 2.75) is 13.3 Å². The van der Waals surface area contributed by atoms with Gasteiger partial charge in [0.05, 0.1) is 13.5 Å². The van der Waals surface area contributed by atoms with Crippen molar-refractivity contribution >= 4 is 22.6 Å². The molecule has 0 aliphatic carbocycles. The summed E-state index contributed by atoms with van der Waals surface area (Å²) in [6, 6.07) is 13.9. The number of fused-ring (bicyclic) bond motifs is 1. The fraction of sp³-hybridized carbons (Fsp3) is 0.333. The van der Waals surface area contributed by atoms with Gasteiger partial charge in [-0.05, 0) is 31.2 Å². The minimum atomic E-state index is 0.0944. The Kier molecular flexibility index (Phi) is 4.71. The summed E-state index contributed by atoms with van der Waals surface area (Å²) in [5.74, 6) is 0.941. The highest BCUT2D eigenvalue weighted by molar-refractivity contribution is 5.86. The molecular weight excluding hydrogens is 342 g/mol. The van der Waals surface area contributed by atoms with Crippen LogP contribution in [0.2, 0.25) is 0 Å². The van der Waals surface area contributed by atoms with Gasteiger partial charge in [-0.25, -0.2) is 0 Å². The number of aryl methyl sites for hydroxylation is 1.